The summed E-state index contributed by atoms with van der Waals surface area (Å²) in [5.41, 5.74) is 3.78. The van der Waals surface area contributed by atoms with Gasteiger partial charge in [0.25, 0.3) is 0 Å². The SMILES string of the molecule is Cc1nnc2n1-c1sc(C#CC3CCOCC3)c(Cc3ccccc3)c1COC2. The summed E-state index contributed by atoms with van der Waals surface area (Å²) in [6.07, 6.45) is 2.89. The molecule has 0 unspecified atom stereocenters. The molecule has 4 heterocycles. The summed E-state index contributed by atoms with van der Waals surface area (Å²) in [6.45, 7) is 4.68. The summed E-state index contributed by atoms with van der Waals surface area (Å²) in [6, 6.07) is 10.6. The first-order chi connectivity index (χ1) is 14.3. The third-order valence-electron chi connectivity index (χ3n) is 5.50. The van der Waals surface area contributed by atoms with Crippen molar-refractivity contribution in [3.8, 4) is 16.8 Å². The van der Waals surface area contributed by atoms with Gasteiger partial charge in [-0.25, -0.2) is 0 Å². The molecule has 0 bridgehead atoms. The van der Waals surface area contributed by atoms with E-state index in [-0.39, 0.29) is 0 Å². The van der Waals surface area contributed by atoms with Gasteiger partial charge in [-0.1, -0.05) is 42.2 Å². The summed E-state index contributed by atoms with van der Waals surface area (Å²) in [5.74, 6) is 9.21. The van der Waals surface area contributed by atoms with Crippen molar-refractivity contribution in [1.29, 1.82) is 0 Å². The second-order valence-electron chi connectivity index (χ2n) is 7.50. The predicted molar refractivity (Wildman–Crippen MR) is 112 cm³/mol. The first-order valence-corrected chi connectivity index (χ1v) is 10.9. The second kappa shape index (κ2) is 8.11. The molecular formula is C23H23N3O2S. The number of rotatable bonds is 2. The van der Waals surface area contributed by atoms with Crippen molar-refractivity contribution in [3.05, 3.63) is 63.5 Å². The highest BCUT2D eigenvalue weighted by Crippen LogP contribution is 2.37. The van der Waals surface area contributed by atoms with E-state index in [4.69, 9.17) is 9.47 Å². The van der Waals surface area contributed by atoms with Crippen molar-refractivity contribution in [2.45, 2.75) is 39.4 Å². The Morgan fingerprint density at radius 2 is 1.93 bits per heavy atom. The molecule has 2 aliphatic heterocycles. The van der Waals surface area contributed by atoms with Gasteiger partial charge in [-0.3, -0.25) is 4.57 Å². The lowest BCUT2D eigenvalue weighted by Crippen LogP contribution is -2.13. The average molecular weight is 406 g/mol. The maximum Gasteiger partial charge on any atom is 0.164 e. The Morgan fingerprint density at radius 3 is 2.76 bits per heavy atom. The van der Waals surface area contributed by atoms with Gasteiger partial charge in [0, 0.05) is 24.7 Å². The van der Waals surface area contributed by atoms with Crippen molar-refractivity contribution >= 4 is 11.3 Å². The van der Waals surface area contributed by atoms with E-state index in [1.165, 1.54) is 16.7 Å². The maximum atomic E-state index is 5.97. The highest BCUT2D eigenvalue weighted by atomic mass is 32.1. The Labute approximate surface area is 174 Å². The molecule has 29 heavy (non-hydrogen) atoms. The van der Waals surface area contributed by atoms with Gasteiger partial charge in [0.15, 0.2) is 5.82 Å². The highest BCUT2D eigenvalue weighted by Gasteiger charge is 2.25. The Kier molecular flexibility index (Phi) is 5.19. The molecule has 0 saturated carbocycles. The van der Waals surface area contributed by atoms with E-state index in [9.17, 15) is 0 Å². The Balaban J connectivity index is 1.60. The predicted octanol–water partition coefficient (Wildman–Crippen LogP) is 4.04. The van der Waals surface area contributed by atoms with E-state index >= 15 is 0 Å². The smallest absolute Gasteiger partial charge is 0.164 e. The summed E-state index contributed by atoms with van der Waals surface area (Å²) < 4.78 is 13.6. The Morgan fingerprint density at radius 1 is 1.10 bits per heavy atom. The molecule has 5 rings (SSSR count). The van der Waals surface area contributed by atoms with Gasteiger partial charge in [0.2, 0.25) is 0 Å². The van der Waals surface area contributed by atoms with Gasteiger partial charge in [-0.15, -0.1) is 21.5 Å². The van der Waals surface area contributed by atoms with Crippen LogP contribution in [0, 0.1) is 24.7 Å². The van der Waals surface area contributed by atoms with E-state index in [2.05, 4.69) is 56.9 Å². The Hall–Kier alpha value is -2.46. The number of thiophene rings is 1. The number of aromatic nitrogens is 3. The molecule has 3 aromatic rings. The molecule has 2 aliphatic rings. The zero-order valence-electron chi connectivity index (χ0n) is 16.5. The topological polar surface area (TPSA) is 49.2 Å². The number of nitrogens with zero attached hydrogens (tertiary/aromatic N) is 3. The number of benzene rings is 1. The minimum absolute atomic E-state index is 0.415. The van der Waals surface area contributed by atoms with Gasteiger partial charge >= 0.3 is 0 Å². The molecule has 1 saturated heterocycles. The standard InChI is InChI=1S/C23H23N3O2S/c1-16-24-25-22-15-28-14-20-19(13-18-5-3-2-4-6-18)21(29-23(20)26(16)22)8-7-17-9-11-27-12-10-17/h2-6,17H,9-15H2,1H3. The van der Waals surface area contributed by atoms with Crippen molar-refractivity contribution in [3.63, 3.8) is 0 Å². The van der Waals surface area contributed by atoms with Crippen LogP contribution in [0.25, 0.3) is 5.00 Å². The molecule has 0 N–H and O–H groups in total. The van der Waals surface area contributed by atoms with E-state index in [0.717, 1.165) is 54.0 Å². The maximum absolute atomic E-state index is 5.97. The third kappa shape index (κ3) is 3.74. The van der Waals surface area contributed by atoms with Crippen LogP contribution in [0.4, 0.5) is 0 Å². The molecule has 0 atom stereocenters. The molecule has 0 aliphatic carbocycles. The van der Waals surface area contributed by atoms with Crippen LogP contribution in [-0.2, 0) is 29.1 Å². The largest absolute Gasteiger partial charge is 0.381 e. The lowest BCUT2D eigenvalue weighted by atomic mass is 9.99. The zero-order valence-corrected chi connectivity index (χ0v) is 17.3. The van der Waals surface area contributed by atoms with Crippen LogP contribution in [-0.4, -0.2) is 28.0 Å². The first kappa shape index (κ1) is 18.6. The van der Waals surface area contributed by atoms with Crippen LogP contribution in [0.15, 0.2) is 30.3 Å². The summed E-state index contributed by atoms with van der Waals surface area (Å²) in [5, 5.41) is 9.73. The molecule has 0 amide bonds. The van der Waals surface area contributed by atoms with Crippen molar-refractivity contribution in [2.75, 3.05) is 13.2 Å². The number of hydrogen-bond acceptors (Lipinski definition) is 5. The lowest BCUT2D eigenvalue weighted by Gasteiger charge is -2.16. The van der Waals surface area contributed by atoms with Gasteiger partial charge < -0.3 is 9.47 Å². The number of aryl methyl sites for hydroxylation is 1. The van der Waals surface area contributed by atoms with Crippen LogP contribution < -0.4 is 0 Å². The van der Waals surface area contributed by atoms with Crippen molar-refractivity contribution < 1.29 is 9.47 Å². The van der Waals surface area contributed by atoms with Crippen LogP contribution in [0.3, 0.4) is 0 Å². The summed E-state index contributed by atoms with van der Waals surface area (Å²) in [7, 11) is 0. The highest BCUT2D eigenvalue weighted by molar-refractivity contribution is 7.15. The summed E-state index contributed by atoms with van der Waals surface area (Å²) >= 11 is 1.74. The van der Waals surface area contributed by atoms with E-state index in [1.807, 2.05) is 6.92 Å². The first-order valence-electron chi connectivity index (χ1n) is 10.1. The van der Waals surface area contributed by atoms with E-state index in [0.29, 0.717) is 19.1 Å². The molecule has 6 heteroatoms. The van der Waals surface area contributed by atoms with Gasteiger partial charge in [-0.2, -0.15) is 0 Å². The molecule has 0 radical (unpaired) electrons. The molecular weight excluding hydrogens is 382 g/mol. The average Bonchev–Trinajstić information content (AvgIpc) is 3.22. The van der Waals surface area contributed by atoms with Crippen molar-refractivity contribution in [1.82, 2.24) is 14.8 Å². The third-order valence-corrected chi connectivity index (χ3v) is 6.68. The van der Waals surface area contributed by atoms with Crippen LogP contribution in [0.2, 0.25) is 0 Å². The normalized spacial score (nSPS) is 16.4. The van der Waals surface area contributed by atoms with Crippen LogP contribution >= 0.6 is 11.3 Å². The fraction of sp³-hybridized carbons (Fsp3) is 0.391. The molecule has 148 valence electrons. The number of fused-ring (bicyclic) bond motifs is 3. The van der Waals surface area contributed by atoms with Gasteiger partial charge in [0.1, 0.15) is 17.4 Å². The van der Waals surface area contributed by atoms with E-state index in [1.54, 1.807) is 11.3 Å². The molecule has 2 aromatic heterocycles. The minimum atomic E-state index is 0.415. The fourth-order valence-corrected chi connectivity index (χ4v) is 5.18. The Bertz CT molecular complexity index is 1070. The van der Waals surface area contributed by atoms with Crippen LogP contribution in [0.5, 0.6) is 0 Å². The lowest BCUT2D eigenvalue weighted by molar-refractivity contribution is 0.0807. The molecule has 5 nitrogen and oxygen atoms in total. The van der Waals surface area contributed by atoms with Gasteiger partial charge in [0.05, 0.1) is 11.5 Å². The zero-order chi connectivity index (χ0) is 19.6. The monoisotopic (exact) mass is 405 g/mol. The van der Waals surface area contributed by atoms with Gasteiger partial charge in [-0.05, 0) is 37.3 Å². The molecule has 1 aromatic carbocycles. The van der Waals surface area contributed by atoms with Crippen molar-refractivity contribution in [2.24, 2.45) is 5.92 Å². The minimum Gasteiger partial charge on any atom is -0.381 e. The second-order valence-corrected chi connectivity index (χ2v) is 8.50. The fourth-order valence-electron chi connectivity index (χ4n) is 3.92. The molecule has 0 spiro atoms. The van der Waals surface area contributed by atoms with E-state index < -0.39 is 0 Å². The van der Waals surface area contributed by atoms with Crippen LogP contribution in [0.1, 0.15) is 46.1 Å². The summed E-state index contributed by atoms with van der Waals surface area (Å²) in [4.78, 5) is 1.13. The quantitative estimate of drug-likeness (QED) is 0.604. The number of hydrogen-bond donors (Lipinski definition) is 0. The molecule has 1 fully saturated rings. The number of ether oxygens (including phenoxy) is 2.